The zero-order valence-electron chi connectivity index (χ0n) is 11.5. The molecule has 0 aliphatic rings. The van der Waals surface area contributed by atoms with Crippen LogP contribution in [0.2, 0.25) is 0 Å². The molecule has 23 heavy (non-hydrogen) atoms. The summed E-state index contributed by atoms with van der Waals surface area (Å²) in [4.78, 5) is 0. The molecule has 0 heterocycles. The lowest BCUT2D eigenvalue weighted by atomic mass is 9.96. The van der Waals surface area contributed by atoms with E-state index in [1.807, 2.05) is 0 Å². The minimum Gasteiger partial charge on any atom is -0.271 e. The van der Waals surface area contributed by atoms with Crippen molar-refractivity contribution in [1.29, 1.82) is 0 Å². The number of hydrogen-bond donors (Lipinski definition) is 2. The van der Waals surface area contributed by atoms with Crippen LogP contribution in [0.3, 0.4) is 0 Å². The Bertz CT molecular complexity index is 661. The van der Waals surface area contributed by atoms with Crippen LogP contribution in [0.4, 0.5) is 26.3 Å². The summed E-state index contributed by atoms with van der Waals surface area (Å²) in [6.07, 6.45) is -9.00. The number of nitrogens with two attached hydrogens (primary N) is 1. The fraction of sp³-hybridized carbons (Fsp3) is 0.200. The van der Waals surface area contributed by atoms with Gasteiger partial charge in [-0.25, -0.2) is 5.43 Å². The van der Waals surface area contributed by atoms with E-state index >= 15 is 0 Å². The molecule has 0 fully saturated rings. The second-order valence-electron chi connectivity index (χ2n) is 4.84. The Morgan fingerprint density at radius 1 is 0.739 bits per heavy atom. The summed E-state index contributed by atoms with van der Waals surface area (Å²) < 4.78 is 75.9. The molecular formula is C15H12F6N2. The van der Waals surface area contributed by atoms with Crippen molar-refractivity contribution in [3.8, 4) is 0 Å². The van der Waals surface area contributed by atoms with Crippen molar-refractivity contribution in [2.24, 2.45) is 5.84 Å². The van der Waals surface area contributed by atoms with Gasteiger partial charge < -0.3 is 0 Å². The predicted molar refractivity (Wildman–Crippen MR) is 72.1 cm³/mol. The van der Waals surface area contributed by atoms with Crippen LogP contribution in [0.25, 0.3) is 0 Å². The Balaban J connectivity index is 2.37. The number of benzene rings is 2. The molecule has 0 aromatic heterocycles. The van der Waals surface area contributed by atoms with Crippen LogP contribution >= 0.6 is 0 Å². The zero-order chi connectivity index (χ0) is 17.3. The molecule has 0 aliphatic carbocycles. The van der Waals surface area contributed by atoms with Crippen molar-refractivity contribution >= 4 is 0 Å². The Morgan fingerprint density at radius 2 is 1.30 bits per heavy atom. The number of alkyl halides is 6. The summed E-state index contributed by atoms with van der Waals surface area (Å²) in [5.41, 5.74) is 1.13. The average Bonchev–Trinajstić information content (AvgIpc) is 2.47. The molecule has 124 valence electrons. The maximum absolute atomic E-state index is 12.7. The number of hydrazine groups is 1. The van der Waals surface area contributed by atoms with E-state index in [2.05, 4.69) is 5.43 Å². The average molecular weight is 334 g/mol. The minimum absolute atomic E-state index is 0.196. The topological polar surface area (TPSA) is 38.0 Å². The van der Waals surface area contributed by atoms with E-state index < -0.39 is 29.5 Å². The molecular weight excluding hydrogens is 322 g/mol. The number of hydrogen-bond acceptors (Lipinski definition) is 2. The van der Waals surface area contributed by atoms with Gasteiger partial charge in [0, 0.05) is 0 Å². The molecule has 3 N–H and O–H groups in total. The Morgan fingerprint density at radius 3 is 1.78 bits per heavy atom. The van der Waals surface area contributed by atoms with Gasteiger partial charge in [0.15, 0.2) is 0 Å². The van der Waals surface area contributed by atoms with E-state index in [0.29, 0.717) is 5.56 Å². The standard InChI is InChI=1S/C15H12F6N2/c16-14(17,18)11-6-4-9(5-7-11)13(23-22)10-2-1-3-12(8-10)15(19,20)21/h1-8,13,23H,22H2. The highest BCUT2D eigenvalue weighted by Crippen LogP contribution is 2.33. The molecule has 1 atom stereocenters. The quantitative estimate of drug-likeness (QED) is 0.500. The second kappa shape index (κ2) is 6.21. The van der Waals surface area contributed by atoms with E-state index in [1.54, 1.807) is 0 Å². The molecule has 0 saturated heterocycles. The SMILES string of the molecule is NNC(c1ccc(C(F)(F)F)cc1)c1cccc(C(F)(F)F)c1. The number of nitrogens with one attached hydrogen (secondary N) is 1. The highest BCUT2D eigenvalue weighted by atomic mass is 19.4. The largest absolute Gasteiger partial charge is 0.416 e. The normalized spacial score (nSPS) is 13.9. The van der Waals surface area contributed by atoms with Crippen LogP contribution in [0.5, 0.6) is 0 Å². The van der Waals surface area contributed by atoms with E-state index in [0.717, 1.165) is 24.3 Å². The van der Waals surface area contributed by atoms with Crippen LogP contribution in [-0.2, 0) is 12.4 Å². The van der Waals surface area contributed by atoms with Gasteiger partial charge in [0.05, 0.1) is 17.2 Å². The first-order valence-electron chi connectivity index (χ1n) is 6.43. The first-order chi connectivity index (χ1) is 10.6. The first-order valence-corrected chi connectivity index (χ1v) is 6.43. The van der Waals surface area contributed by atoms with Gasteiger partial charge in [0.25, 0.3) is 0 Å². The molecule has 0 aliphatic heterocycles. The van der Waals surface area contributed by atoms with Crippen LogP contribution < -0.4 is 11.3 Å². The smallest absolute Gasteiger partial charge is 0.271 e. The summed E-state index contributed by atoms with van der Waals surface area (Å²) in [6, 6.07) is 7.64. The molecule has 2 nitrogen and oxygen atoms in total. The molecule has 0 amide bonds. The maximum atomic E-state index is 12.7. The Kier molecular flexibility index (Phi) is 4.67. The van der Waals surface area contributed by atoms with Gasteiger partial charge in [-0.2, -0.15) is 26.3 Å². The van der Waals surface area contributed by atoms with Crippen molar-refractivity contribution < 1.29 is 26.3 Å². The predicted octanol–water partition coefficient (Wildman–Crippen LogP) is 4.28. The molecule has 1 unspecified atom stereocenters. The van der Waals surface area contributed by atoms with Gasteiger partial charge in [-0.05, 0) is 35.4 Å². The summed E-state index contributed by atoms with van der Waals surface area (Å²) in [5, 5.41) is 0. The van der Waals surface area contributed by atoms with E-state index in [4.69, 9.17) is 5.84 Å². The zero-order valence-corrected chi connectivity index (χ0v) is 11.5. The second-order valence-corrected chi connectivity index (χ2v) is 4.84. The molecule has 0 bridgehead atoms. The van der Waals surface area contributed by atoms with Gasteiger partial charge >= 0.3 is 12.4 Å². The van der Waals surface area contributed by atoms with Crippen molar-refractivity contribution in [3.63, 3.8) is 0 Å². The third-order valence-electron chi connectivity index (χ3n) is 3.29. The van der Waals surface area contributed by atoms with E-state index in [1.165, 1.54) is 24.3 Å². The lowest BCUT2D eigenvalue weighted by Crippen LogP contribution is -2.29. The maximum Gasteiger partial charge on any atom is 0.416 e. The molecule has 0 saturated carbocycles. The van der Waals surface area contributed by atoms with Gasteiger partial charge in [-0.3, -0.25) is 5.84 Å². The number of halogens is 6. The fourth-order valence-corrected chi connectivity index (χ4v) is 2.14. The summed E-state index contributed by atoms with van der Waals surface area (Å²) in [7, 11) is 0. The van der Waals surface area contributed by atoms with E-state index in [9.17, 15) is 26.3 Å². The molecule has 2 aromatic rings. The van der Waals surface area contributed by atoms with Crippen molar-refractivity contribution in [2.75, 3.05) is 0 Å². The molecule has 0 radical (unpaired) electrons. The molecule has 2 aromatic carbocycles. The summed E-state index contributed by atoms with van der Waals surface area (Å²) in [6.45, 7) is 0. The van der Waals surface area contributed by atoms with Crippen LogP contribution in [-0.4, -0.2) is 0 Å². The van der Waals surface area contributed by atoms with Gasteiger partial charge in [-0.1, -0.05) is 24.3 Å². The number of rotatable bonds is 3. The van der Waals surface area contributed by atoms with Crippen molar-refractivity contribution in [1.82, 2.24) is 5.43 Å². The minimum atomic E-state index is -4.52. The first kappa shape index (κ1) is 17.3. The van der Waals surface area contributed by atoms with Crippen LogP contribution in [0.1, 0.15) is 28.3 Å². The fourth-order valence-electron chi connectivity index (χ4n) is 2.14. The molecule has 2 rings (SSSR count). The van der Waals surface area contributed by atoms with Gasteiger partial charge in [0.2, 0.25) is 0 Å². The third kappa shape index (κ3) is 4.02. The summed E-state index contributed by atoms with van der Waals surface area (Å²) >= 11 is 0. The van der Waals surface area contributed by atoms with Crippen molar-refractivity contribution in [2.45, 2.75) is 18.4 Å². The Hall–Kier alpha value is -2.06. The molecule has 8 heteroatoms. The van der Waals surface area contributed by atoms with Gasteiger partial charge in [0.1, 0.15) is 0 Å². The molecule has 0 spiro atoms. The summed E-state index contributed by atoms with van der Waals surface area (Å²) in [5.74, 6) is 5.37. The Labute approximate surface area is 127 Å². The van der Waals surface area contributed by atoms with E-state index in [-0.39, 0.29) is 5.56 Å². The van der Waals surface area contributed by atoms with Crippen LogP contribution in [0.15, 0.2) is 48.5 Å². The lowest BCUT2D eigenvalue weighted by molar-refractivity contribution is -0.138. The van der Waals surface area contributed by atoms with Crippen molar-refractivity contribution in [3.05, 3.63) is 70.8 Å². The highest BCUT2D eigenvalue weighted by molar-refractivity contribution is 5.36. The third-order valence-corrected chi connectivity index (χ3v) is 3.29. The monoisotopic (exact) mass is 334 g/mol. The highest BCUT2D eigenvalue weighted by Gasteiger charge is 2.32. The lowest BCUT2D eigenvalue weighted by Gasteiger charge is -2.19. The van der Waals surface area contributed by atoms with Crippen LogP contribution in [0, 0.1) is 0 Å². The van der Waals surface area contributed by atoms with Gasteiger partial charge in [-0.15, -0.1) is 0 Å².